The number of nitrogens with one attached hydrogen (secondary N) is 1. The molecule has 0 bridgehead atoms. The monoisotopic (exact) mass is 378 g/mol. The van der Waals surface area contributed by atoms with Gasteiger partial charge in [0.1, 0.15) is 0 Å². The van der Waals surface area contributed by atoms with E-state index in [1.807, 2.05) is 13.0 Å². The summed E-state index contributed by atoms with van der Waals surface area (Å²) in [4.78, 5) is 2.44. The van der Waals surface area contributed by atoms with Gasteiger partial charge < -0.3 is 10.4 Å². The largest absolute Gasteiger partial charge is 0.505 e. The summed E-state index contributed by atoms with van der Waals surface area (Å²) in [6.45, 7) is 5.78. The van der Waals surface area contributed by atoms with Gasteiger partial charge in [-0.15, -0.1) is 24.8 Å². The third-order valence-electron chi connectivity index (χ3n) is 5.20. The minimum Gasteiger partial charge on any atom is -0.505 e. The fourth-order valence-corrected chi connectivity index (χ4v) is 4.15. The average molecular weight is 379 g/mol. The zero-order valence-corrected chi connectivity index (χ0v) is 15.9. The predicted molar refractivity (Wildman–Crippen MR) is 101 cm³/mol. The van der Waals surface area contributed by atoms with Gasteiger partial charge in [-0.05, 0) is 37.3 Å². The average Bonchev–Trinajstić information content (AvgIpc) is 2.54. The van der Waals surface area contributed by atoms with Gasteiger partial charge >= 0.3 is 0 Å². The van der Waals surface area contributed by atoms with Crippen molar-refractivity contribution in [3.8, 4) is 5.75 Å². The molecule has 2 fully saturated rings. The lowest BCUT2D eigenvalue weighted by Crippen LogP contribution is -2.47. The summed E-state index contributed by atoms with van der Waals surface area (Å²) in [5.74, 6) is -0.0930. The molecular formula is C18H29Cl2FN2O. The van der Waals surface area contributed by atoms with E-state index in [0.29, 0.717) is 5.92 Å². The van der Waals surface area contributed by atoms with Crippen molar-refractivity contribution in [1.82, 2.24) is 10.2 Å². The van der Waals surface area contributed by atoms with Crippen molar-refractivity contribution in [2.75, 3.05) is 26.2 Å². The van der Waals surface area contributed by atoms with Crippen LogP contribution in [0.15, 0.2) is 12.1 Å². The van der Waals surface area contributed by atoms with Crippen LogP contribution in [0.1, 0.15) is 49.3 Å². The van der Waals surface area contributed by atoms with Crippen LogP contribution in [0.25, 0.3) is 0 Å². The number of hydrogen-bond donors (Lipinski definition) is 2. The first-order valence-electron chi connectivity index (χ1n) is 8.60. The molecule has 1 aliphatic heterocycles. The number of rotatable bonds is 3. The predicted octanol–water partition coefficient (Wildman–Crippen LogP) is 4.21. The molecule has 0 radical (unpaired) electrons. The SMILES string of the molecule is Cc1cc(F)c(O)c([C@@H](C2CCCCC2)N2CCNCC2)c1.Cl.Cl. The van der Waals surface area contributed by atoms with Gasteiger partial charge in [-0.3, -0.25) is 4.90 Å². The lowest BCUT2D eigenvalue weighted by molar-refractivity contribution is 0.101. The Morgan fingerprint density at radius 3 is 2.38 bits per heavy atom. The molecule has 1 aromatic rings. The van der Waals surface area contributed by atoms with Gasteiger partial charge in [0.15, 0.2) is 11.6 Å². The lowest BCUT2D eigenvalue weighted by Gasteiger charge is -2.41. The highest BCUT2D eigenvalue weighted by molar-refractivity contribution is 5.85. The van der Waals surface area contributed by atoms with Crippen molar-refractivity contribution in [1.29, 1.82) is 0 Å². The quantitative estimate of drug-likeness (QED) is 0.826. The zero-order valence-electron chi connectivity index (χ0n) is 14.3. The topological polar surface area (TPSA) is 35.5 Å². The normalized spacial score (nSPS) is 20.8. The minimum atomic E-state index is -0.481. The molecule has 1 saturated heterocycles. The summed E-state index contributed by atoms with van der Waals surface area (Å²) >= 11 is 0. The van der Waals surface area contributed by atoms with Gasteiger partial charge in [-0.25, -0.2) is 4.39 Å². The second-order valence-electron chi connectivity index (χ2n) is 6.81. The first-order chi connectivity index (χ1) is 10.7. The molecule has 2 aliphatic rings. The van der Waals surface area contributed by atoms with E-state index in [2.05, 4.69) is 10.2 Å². The number of hydrogen-bond acceptors (Lipinski definition) is 3. The molecule has 1 atom stereocenters. The van der Waals surface area contributed by atoms with Crippen LogP contribution < -0.4 is 5.32 Å². The second-order valence-corrected chi connectivity index (χ2v) is 6.81. The number of piperazine rings is 1. The summed E-state index contributed by atoms with van der Waals surface area (Å²) in [5, 5.41) is 13.7. The molecule has 1 heterocycles. The first-order valence-corrected chi connectivity index (χ1v) is 8.60. The Hall–Kier alpha value is -0.550. The number of halogens is 3. The number of aryl methyl sites for hydroxylation is 1. The van der Waals surface area contributed by atoms with Gasteiger partial charge in [0.25, 0.3) is 0 Å². The van der Waals surface area contributed by atoms with Crippen molar-refractivity contribution in [3.63, 3.8) is 0 Å². The maximum absolute atomic E-state index is 14.1. The van der Waals surface area contributed by atoms with E-state index in [4.69, 9.17) is 0 Å². The summed E-state index contributed by atoms with van der Waals surface area (Å²) in [6.07, 6.45) is 6.18. The molecule has 0 spiro atoms. The van der Waals surface area contributed by atoms with E-state index in [-0.39, 0.29) is 36.6 Å². The number of nitrogens with zero attached hydrogens (tertiary/aromatic N) is 1. The molecule has 0 amide bonds. The highest BCUT2D eigenvalue weighted by atomic mass is 35.5. The van der Waals surface area contributed by atoms with Crippen molar-refractivity contribution in [2.24, 2.45) is 5.92 Å². The van der Waals surface area contributed by atoms with Crippen LogP contribution in [0.5, 0.6) is 5.75 Å². The fourth-order valence-electron chi connectivity index (χ4n) is 4.15. The summed E-state index contributed by atoms with van der Waals surface area (Å²) < 4.78 is 14.1. The highest BCUT2D eigenvalue weighted by Gasteiger charge is 2.33. The Bertz CT molecular complexity index is 500. The number of phenolic OH excluding ortho intramolecular Hbond substituents is 1. The van der Waals surface area contributed by atoms with Crippen LogP contribution in [-0.2, 0) is 0 Å². The van der Waals surface area contributed by atoms with Crippen LogP contribution in [0.3, 0.4) is 0 Å². The van der Waals surface area contributed by atoms with E-state index < -0.39 is 5.82 Å². The molecule has 1 aromatic carbocycles. The second kappa shape index (κ2) is 9.81. The number of benzene rings is 1. The standard InChI is InChI=1S/C18H27FN2O.2ClH/c1-13-11-15(18(22)16(19)12-13)17(14-5-3-2-4-6-14)21-9-7-20-8-10-21;;/h11-12,14,17,20,22H,2-10H2,1H3;2*1H/t17-;;/m1../s1. The van der Waals surface area contributed by atoms with Crippen LogP contribution in [0.4, 0.5) is 4.39 Å². The first kappa shape index (κ1) is 21.5. The van der Waals surface area contributed by atoms with Gasteiger partial charge in [-0.1, -0.05) is 25.3 Å². The molecule has 138 valence electrons. The van der Waals surface area contributed by atoms with Crippen LogP contribution in [0.2, 0.25) is 0 Å². The van der Waals surface area contributed by atoms with Gasteiger partial charge in [0, 0.05) is 37.8 Å². The van der Waals surface area contributed by atoms with Crippen LogP contribution >= 0.6 is 24.8 Å². The Balaban J connectivity index is 0.00000144. The Kier molecular flexibility index (Phi) is 8.78. The Morgan fingerprint density at radius 1 is 1.12 bits per heavy atom. The summed E-state index contributed by atoms with van der Waals surface area (Å²) in [7, 11) is 0. The summed E-state index contributed by atoms with van der Waals surface area (Å²) in [5.41, 5.74) is 1.69. The summed E-state index contributed by atoms with van der Waals surface area (Å²) in [6, 6.07) is 3.56. The maximum atomic E-state index is 14.1. The molecule has 3 nitrogen and oxygen atoms in total. The smallest absolute Gasteiger partial charge is 0.165 e. The van der Waals surface area contributed by atoms with Gasteiger partial charge in [0.2, 0.25) is 0 Å². The third kappa shape index (κ3) is 4.75. The molecule has 24 heavy (non-hydrogen) atoms. The van der Waals surface area contributed by atoms with Crippen molar-refractivity contribution in [2.45, 2.75) is 45.1 Å². The molecule has 1 saturated carbocycles. The van der Waals surface area contributed by atoms with Crippen LogP contribution in [-0.4, -0.2) is 36.2 Å². The highest BCUT2D eigenvalue weighted by Crippen LogP contribution is 2.42. The van der Waals surface area contributed by atoms with E-state index in [9.17, 15) is 9.50 Å². The molecule has 6 heteroatoms. The van der Waals surface area contributed by atoms with Crippen LogP contribution in [0, 0.1) is 18.7 Å². The number of aromatic hydroxyl groups is 1. The Labute approximate surface area is 156 Å². The van der Waals surface area contributed by atoms with Crippen molar-refractivity contribution in [3.05, 3.63) is 29.1 Å². The van der Waals surface area contributed by atoms with E-state index in [1.165, 1.54) is 38.2 Å². The molecular weight excluding hydrogens is 350 g/mol. The zero-order chi connectivity index (χ0) is 15.5. The third-order valence-corrected chi connectivity index (χ3v) is 5.20. The minimum absolute atomic E-state index is 0. The van der Waals surface area contributed by atoms with Gasteiger partial charge in [-0.2, -0.15) is 0 Å². The molecule has 2 N–H and O–H groups in total. The molecule has 1 aliphatic carbocycles. The number of phenols is 1. The Morgan fingerprint density at radius 2 is 1.75 bits per heavy atom. The van der Waals surface area contributed by atoms with Gasteiger partial charge in [0.05, 0.1) is 0 Å². The molecule has 0 aromatic heterocycles. The van der Waals surface area contributed by atoms with Crippen molar-refractivity contribution >= 4 is 24.8 Å². The van der Waals surface area contributed by atoms with E-state index >= 15 is 0 Å². The molecule has 0 unspecified atom stereocenters. The van der Waals surface area contributed by atoms with Crippen molar-refractivity contribution < 1.29 is 9.50 Å². The maximum Gasteiger partial charge on any atom is 0.165 e. The lowest BCUT2D eigenvalue weighted by atomic mass is 9.79. The fraction of sp³-hybridized carbons (Fsp3) is 0.667. The van der Waals surface area contributed by atoms with E-state index in [0.717, 1.165) is 37.3 Å². The van der Waals surface area contributed by atoms with E-state index in [1.54, 1.807) is 0 Å². The molecule has 3 rings (SSSR count).